The highest BCUT2D eigenvalue weighted by molar-refractivity contribution is 6.88. The van der Waals surface area contributed by atoms with Crippen LogP contribution in [0.1, 0.15) is 5.56 Å². The molecule has 0 spiro atoms. The molecule has 0 bridgehead atoms. The maximum Gasteiger partial charge on any atom is 0.129 e. The first-order valence-corrected chi connectivity index (χ1v) is 14.6. The van der Waals surface area contributed by atoms with Gasteiger partial charge in [0.05, 0.1) is 19.5 Å². The molecule has 0 aliphatic rings. The van der Waals surface area contributed by atoms with E-state index in [-0.39, 0.29) is 0 Å². The van der Waals surface area contributed by atoms with Gasteiger partial charge in [-0.25, -0.2) is 0 Å². The summed E-state index contributed by atoms with van der Waals surface area (Å²) in [6, 6.07) is 8.30. The summed E-state index contributed by atoms with van der Waals surface area (Å²) in [5.74, 6) is 3.23. The monoisotopic (exact) mass is 324 g/mol. The Kier molecular flexibility index (Phi) is 4.69. The normalized spacial score (nSPS) is 11.7. The first-order chi connectivity index (χ1) is 10.1. The largest absolute Gasteiger partial charge is 0.255 e. The van der Waals surface area contributed by atoms with Crippen molar-refractivity contribution in [2.24, 2.45) is 0 Å². The van der Waals surface area contributed by atoms with E-state index in [4.69, 9.17) is 0 Å². The molecule has 2 aromatic heterocycles. The Hall–Kier alpha value is -1.71. The van der Waals surface area contributed by atoms with E-state index in [1.54, 1.807) is 0 Å². The van der Waals surface area contributed by atoms with Crippen molar-refractivity contribution in [3.05, 3.63) is 42.2 Å². The summed E-state index contributed by atoms with van der Waals surface area (Å²) in [5, 5.41) is 1.37. The Morgan fingerprint density at radius 1 is 0.773 bits per heavy atom. The maximum absolute atomic E-state index is 4.57. The van der Waals surface area contributed by atoms with Crippen LogP contribution in [0.5, 0.6) is 0 Å². The second kappa shape index (κ2) is 6.19. The highest BCUT2D eigenvalue weighted by Gasteiger charge is 2.16. The molecule has 2 heterocycles. The molecule has 0 aliphatic carbocycles. The SMILES string of the molecule is C[Si](C)(C)C#Cc1ccc(-c2ccc([Si](C)(C)C)cn2)nc1. The van der Waals surface area contributed by atoms with Crippen LogP contribution in [-0.2, 0) is 0 Å². The average Bonchev–Trinajstić information content (AvgIpc) is 2.44. The maximum atomic E-state index is 4.57. The van der Waals surface area contributed by atoms with Gasteiger partial charge < -0.3 is 0 Å². The summed E-state index contributed by atoms with van der Waals surface area (Å²) < 4.78 is 0. The molecule has 2 rings (SSSR count). The molecule has 0 aliphatic heterocycles. The summed E-state index contributed by atoms with van der Waals surface area (Å²) in [4.78, 5) is 9.08. The molecule has 0 radical (unpaired) electrons. The zero-order valence-electron chi connectivity index (χ0n) is 14.4. The van der Waals surface area contributed by atoms with Gasteiger partial charge in [0.1, 0.15) is 8.07 Å². The predicted molar refractivity (Wildman–Crippen MR) is 101 cm³/mol. The van der Waals surface area contributed by atoms with Crippen molar-refractivity contribution in [2.75, 3.05) is 0 Å². The standard InChI is InChI=1S/C18H24N2Si2/c1-21(2,3)12-11-15-7-9-17(19-13-15)18-10-8-16(14-20-18)22(4,5)6/h7-10,13-14H,1-6H3. The zero-order valence-corrected chi connectivity index (χ0v) is 16.4. The van der Waals surface area contributed by atoms with Gasteiger partial charge in [-0.05, 0) is 23.4 Å². The lowest BCUT2D eigenvalue weighted by Crippen LogP contribution is -2.37. The lowest BCUT2D eigenvalue weighted by Gasteiger charge is -2.15. The van der Waals surface area contributed by atoms with Gasteiger partial charge in [0.15, 0.2) is 0 Å². The van der Waals surface area contributed by atoms with Crippen LogP contribution in [0.3, 0.4) is 0 Å². The zero-order chi connectivity index (χ0) is 16.4. The molecule has 4 heteroatoms. The molecule has 0 saturated carbocycles. The van der Waals surface area contributed by atoms with Crippen LogP contribution < -0.4 is 5.19 Å². The van der Waals surface area contributed by atoms with Crippen LogP contribution in [0, 0.1) is 11.5 Å². The molecular formula is C18H24N2Si2. The molecule has 0 fully saturated rings. The fourth-order valence-corrected chi connectivity index (χ4v) is 3.42. The van der Waals surface area contributed by atoms with Gasteiger partial charge in [-0.1, -0.05) is 51.3 Å². The van der Waals surface area contributed by atoms with Gasteiger partial charge in [-0.3, -0.25) is 9.97 Å². The molecule has 0 atom stereocenters. The van der Waals surface area contributed by atoms with E-state index in [9.17, 15) is 0 Å². The Balaban J connectivity index is 2.22. The fraction of sp³-hybridized carbons (Fsp3) is 0.333. The van der Waals surface area contributed by atoms with Gasteiger partial charge in [0, 0.05) is 18.0 Å². The van der Waals surface area contributed by atoms with Crippen LogP contribution in [0.15, 0.2) is 36.7 Å². The van der Waals surface area contributed by atoms with Crippen molar-refractivity contribution in [3.63, 3.8) is 0 Å². The average molecular weight is 325 g/mol. The van der Waals surface area contributed by atoms with E-state index >= 15 is 0 Å². The number of rotatable bonds is 2. The molecule has 114 valence electrons. The number of aromatic nitrogens is 2. The molecule has 2 aromatic rings. The number of hydrogen-bond donors (Lipinski definition) is 0. The third kappa shape index (κ3) is 4.65. The van der Waals surface area contributed by atoms with Crippen LogP contribution in [0.4, 0.5) is 0 Å². The van der Waals surface area contributed by atoms with Gasteiger partial charge in [0.2, 0.25) is 0 Å². The number of nitrogens with zero attached hydrogens (tertiary/aromatic N) is 2. The molecule has 0 saturated heterocycles. The summed E-state index contributed by atoms with van der Waals surface area (Å²) in [6.07, 6.45) is 3.85. The van der Waals surface area contributed by atoms with Crippen LogP contribution in [-0.4, -0.2) is 26.1 Å². The van der Waals surface area contributed by atoms with Crippen molar-refractivity contribution < 1.29 is 0 Å². The van der Waals surface area contributed by atoms with E-state index in [1.807, 2.05) is 24.5 Å². The smallest absolute Gasteiger partial charge is 0.129 e. The highest BCUT2D eigenvalue weighted by Crippen LogP contribution is 2.14. The minimum atomic E-state index is -1.34. The highest BCUT2D eigenvalue weighted by atomic mass is 28.3. The fourth-order valence-electron chi connectivity index (χ4n) is 1.87. The van der Waals surface area contributed by atoms with E-state index in [0.717, 1.165) is 17.0 Å². The van der Waals surface area contributed by atoms with Gasteiger partial charge in [-0.2, -0.15) is 0 Å². The van der Waals surface area contributed by atoms with Crippen LogP contribution in [0.25, 0.3) is 11.4 Å². The quantitative estimate of drug-likeness (QED) is 0.618. The summed E-state index contributed by atoms with van der Waals surface area (Å²) >= 11 is 0. The second-order valence-corrected chi connectivity index (χ2v) is 17.4. The van der Waals surface area contributed by atoms with E-state index in [1.165, 1.54) is 5.19 Å². The number of hydrogen-bond acceptors (Lipinski definition) is 2. The van der Waals surface area contributed by atoms with Crippen molar-refractivity contribution in [3.8, 4) is 22.9 Å². The summed E-state index contributed by atoms with van der Waals surface area (Å²) in [6.45, 7) is 13.7. The predicted octanol–water partition coefficient (Wildman–Crippen LogP) is 3.92. The molecular weight excluding hydrogens is 300 g/mol. The topological polar surface area (TPSA) is 25.8 Å². The lowest BCUT2D eigenvalue weighted by atomic mass is 10.2. The third-order valence-corrected chi connectivity index (χ3v) is 6.14. The summed E-state index contributed by atoms with van der Waals surface area (Å²) in [7, 11) is -2.63. The third-order valence-electron chi connectivity index (χ3n) is 3.24. The van der Waals surface area contributed by atoms with Crippen molar-refractivity contribution in [1.82, 2.24) is 9.97 Å². The summed E-state index contributed by atoms with van der Waals surface area (Å²) in [5.41, 5.74) is 6.16. The van der Waals surface area contributed by atoms with Gasteiger partial charge >= 0.3 is 0 Å². The van der Waals surface area contributed by atoms with E-state index < -0.39 is 16.1 Å². The molecule has 0 unspecified atom stereocenters. The van der Waals surface area contributed by atoms with Gasteiger partial charge in [0.25, 0.3) is 0 Å². The molecule has 22 heavy (non-hydrogen) atoms. The van der Waals surface area contributed by atoms with Crippen molar-refractivity contribution in [1.29, 1.82) is 0 Å². The molecule has 0 N–H and O–H groups in total. The van der Waals surface area contributed by atoms with E-state index in [0.29, 0.717) is 0 Å². The minimum absolute atomic E-state index is 0.903. The first kappa shape index (κ1) is 16.7. The Bertz CT molecular complexity index is 694. The van der Waals surface area contributed by atoms with Crippen molar-refractivity contribution >= 4 is 21.3 Å². The minimum Gasteiger partial charge on any atom is -0.255 e. The van der Waals surface area contributed by atoms with Crippen LogP contribution >= 0.6 is 0 Å². The van der Waals surface area contributed by atoms with Gasteiger partial charge in [-0.15, -0.1) is 5.54 Å². The number of pyridine rings is 2. The lowest BCUT2D eigenvalue weighted by molar-refractivity contribution is 1.25. The van der Waals surface area contributed by atoms with Crippen molar-refractivity contribution in [2.45, 2.75) is 39.3 Å². The second-order valence-electron chi connectivity index (χ2n) is 7.61. The first-order valence-electron chi connectivity index (χ1n) is 7.61. The Morgan fingerprint density at radius 2 is 1.36 bits per heavy atom. The van der Waals surface area contributed by atoms with Crippen LogP contribution in [0.2, 0.25) is 39.3 Å². The molecule has 0 aromatic carbocycles. The Labute approximate surface area is 136 Å². The Morgan fingerprint density at radius 3 is 1.77 bits per heavy atom. The molecule has 2 nitrogen and oxygen atoms in total. The van der Waals surface area contributed by atoms with E-state index in [2.05, 4.69) is 72.8 Å². The molecule has 0 amide bonds.